The number of primary amides is 1. The van der Waals surface area contributed by atoms with Crippen molar-refractivity contribution >= 4 is 16.9 Å². The van der Waals surface area contributed by atoms with Gasteiger partial charge >= 0.3 is 0 Å². The summed E-state index contributed by atoms with van der Waals surface area (Å²) in [5.74, 6) is 0.566. The first-order chi connectivity index (χ1) is 9.72. The highest BCUT2D eigenvalue weighted by molar-refractivity contribution is 5.82. The predicted molar refractivity (Wildman–Crippen MR) is 77.3 cm³/mol. The van der Waals surface area contributed by atoms with Crippen molar-refractivity contribution in [2.45, 2.75) is 19.9 Å². The molecule has 1 aromatic heterocycles. The Hall–Kier alpha value is -1.85. The van der Waals surface area contributed by atoms with Crippen LogP contribution in [0.25, 0.3) is 11.0 Å². The molecule has 0 radical (unpaired) electrons. The average Bonchev–Trinajstić information content (AvgIpc) is 2.80. The summed E-state index contributed by atoms with van der Waals surface area (Å²) >= 11 is 0. The second kappa shape index (κ2) is 7.07. The SMILES string of the molecule is CCc1oc2ccccc2c1CNCCOCC(N)=O. The van der Waals surface area contributed by atoms with Crippen LogP contribution in [0.3, 0.4) is 0 Å². The molecule has 5 heteroatoms. The van der Waals surface area contributed by atoms with Gasteiger partial charge in [0.1, 0.15) is 18.0 Å². The second-order valence-electron chi connectivity index (χ2n) is 4.55. The highest BCUT2D eigenvalue weighted by Gasteiger charge is 2.11. The van der Waals surface area contributed by atoms with E-state index < -0.39 is 5.91 Å². The van der Waals surface area contributed by atoms with Crippen LogP contribution < -0.4 is 11.1 Å². The van der Waals surface area contributed by atoms with E-state index in [1.807, 2.05) is 18.2 Å². The molecular formula is C15H20N2O3. The number of carbonyl (C=O) groups excluding carboxylic acids is 1. The van der Waals surface area contributed by atoms with Crippen LogP contribution in [0.15, 0.2) is 28.7 Å². The van der Waals surface area contributed by atoms with E-state index in [0.29, 0.717) is 13.2 Å². The number of hydrogen-bond acceptors (Lipinski definition) is 4. The molecule has 0 atom stereocenters. The van der Waals surface area contributed by atoms with E-state index >= 15 is 0 Å². The van der Waals surface area contributed by atoms with Crippen molar-refractivity contribution in [3.8, 4) is 0 Å². The van der Waals surface area contributed by atoms with Gasteiger partial charge < -0.3 is 20.2 Å². The summed E-state index contributed by atoms with van der Waals surface area (Å²) in [4.78, 5) is 10.5. The zero-order chi connectivity index (χ0) is 14.4. The molecule has 1 amide bonds. The number of benzene rings is 1. The molecule has 3 N–H and O–H groups in total. The van der Waals surface area contributed by atoms with Crippen molar-refractivity contribution in [2.24, 2.45) is 5.73 Å². The minimum Gasteiger partial charge on any atom is -0.461 e. The molecule has 2 rings (SSSR count). The predicted octanol–water partition coefficient (Wildman–Crippen LogP) is 1.59. The number of amides is 1. The first kappa shape index (κ1) is 14.6. The molecule has 5 nitrogen and oxygen atoms in total. The van der Waals surface area contributed by atoms with Crippen LogP contribution in [-0.2, 0) is 22.5 Å². The van der Waals surface area contributed by atoms with Gasteiger partial charge in [-0.15, -0.1) is 0 Å². The largest absolute Gasteiger partial charge is 0.461 e. The van der Waals surface area contributed by atoms with Gasteiger partial charge in [0.2, 0.25) is 5.91 Å². The molecule has 1 heterocycles. The van der Waals surface area contributed by atoms with Gasteiger partial charge in [-0.25, -0.2) is 0 Å². The molecule has 2 aromatic rings. The molecular weight excluding hydrogens is 256 g/mol. The van der Waals surface area contributed by atoms with Crippen molar-refractivity contribution in [1.29, 1.82) is 0 Å². The molecule has 0 unspecified atom stereocenters. The summed E-state index contributed by atoms with van der Waals surface area (Å²) in [5.41, 5.74) is 7.10. The zero-order valence-electron chi connectivity index (χ0n) is 11.6. The molecule has 20 heavy (non-hydrogen) atoms. The standard InChI is InChI=1S/C15H20N2O3/c1-2-13-12(9-17-7-8-19-10-15(16)18)11-5-3-4-6-14(11)20-13/h3-6,17H,2,7-10H2,1H3,(H2,16,18). The van der Waals surface area contributed by atoms with Crippen LogP contribution in [0.4, 0.5) is 0 Å². The average molecular weight is 276 g/mol. The summed E-state index contributed by atoms with van der Waals surface area (Å²) in [5, 5.41) is 4.44. The second-order valence-corrected chi connectivity index (χ2v) is 4.55. The molecule has 0 aliphatic heterocycles. The number of nitrogens with one attached hydrogen (secondary N) is 1. The van der Waals surface area contributed by atoms with E-state index in [4.69, 9.17) is 14.9 Å². The number of aryl methyl sites for hydroxylation is 1. The number of nitrogens with two attached hydrogens (primary N) is 1. The fourth-order valence-electron chi connectivity index (χ4n) is 2.16. The number of para-hydroxylation sites is 1. The highest BCUT2D eigenvalue weighted by atomic mass is 16.5. The van der Waals surface area contributed by atoms with Gasteiger partial charge in [0.25, 0.3) is 0 Å². The molecule has 0 saturated heterocycles. The molecule has 0 saturated carbocycles. The summed E-state index contributed by atoms with van der Waals surface area (Å²) in [7, 11) is 0. The Kier molecular flexibility index (Phi) is 5.15. The van der Waals surface area contributed by atoms with Gasteiger partial charge in [-0.1, -0.05) is 25.1 Å². The Morgan fingerprint density at radius 1 is 1.40 bits per heavy atom. The minimum absolute atomic E-state index is 0.0312. The molecule has 108 valence electrons. The molecule has 0 aliphatic carbocycles. The van der Waals surface area contributed by atoms with Crippen LogP contribution in [0.5, 0.6) is 0 Å². The number of hydrogen-bond donors (Lipinski definition) is 2. The third-order valence-corrected chi connectivity index (χ3v) is 3.07. The quantitative estimate of drug-likeness (QED) is 0.718. The van der Waals surface area contributed by atoms with E-state index in [9.17, 15) is 4.79 Å². The van der Waals surface area contributed by atoms with Crippen molar-refractivity contribution in [2.75, 3.05) is 19.8 Å². The first-order valence-corrected chi connectivity index (χ1v) is 6.78. The lowest BCUT2D eigenvalue weighted by Gasteiger charge is -2.05. The van der Waals surface area contributed by atoms with Crippen molar-refractivity contribution in [3.63, 3.8) is 0 Å². The van der Waals surface area contributed by atoms with E-state index in [1.165, 1.54) is 5.56 Å². The summed E-state index contributed by atoms with van der Waals surface area (Å²) in [6.07, 6.45) is 0.865. The van der Waals surface area contributed by atoms with Crippen LogP contribution in [-0.4, -0.2) is 25.7 Å². The van der Waals surface area contributed by atoms with Crippen LogP contribution in [0.1, 0.15) is 18.2 Å². The third-order valence-electron chi connectivity index (χ3n) is 3.07. The van der Waals surface area contributed by atoms with E-state index in [1.54, 1.807) is 0 Å². The summed E-state index contributed by atoms with van der Waals surface area (Å²) in [6, 6.07) is 8.03. The minimum atomic E-state index is -0.445. The van der Waals surface area contributed by atoms with Crippen LogP contribution >= 0.6 is 0 Å². The normalized spacial score (nSPS) is 11.1. The maximum atomic E-state index is 10.5. The molecule has 0 fully saturated rings. The number of carbonyl (C=O) groups is 1. The zero-order valence-corrected chi connectivity index (χ0v) is 11.6. The molecule has 1 aromatic carbocycles. The smallest absolute Gasteiger partial charge is 0.243 e. The Morgan fingerprint density at radius 2 is 2.20 bits per heavy atom. The number of furan rings is 1. The van der Waals surface area contributed by atoms with Gasteiger partial charge in [-0.2, -0.15) is 0 Å². The van der Waals surface area contributed by atoms with E-state index in [0.717, 1.165) is 29.7 Å². The van der Waals surface area contributed by atoms with Gasteiger partial charge in [-0.05, 0) is 6.07 Å². The number of rotatable bonds is 8. The number of fused-ring (bicyclic) bond motifs is 1. The fourth-order valence-corrected chi connectivity index (χ4v) is 2.16. The van der Waals surface area contributed by atoms with Gasteiger partial charge in [0.05, 0.1) is 6.61 Å². The maximum absolute atomic E-state index is 10.5. The Morgan fingerprint density at radius 3 is 2.95 bits per heavy atom. The lowest BCUT2D eigenvalue weighted by atomic mass is 10.1. The lowest BCUT2D eigenvalue weighted by Crippen LogP contribution is -2.23. The van der Waals surface area contributed by atoms with Crippen molar-refractivity contribution < 1.29 is 13.9 Å². The van der Waals surface area contributed by atoms with Gasteiger partial charge in [-0.3, -0.25) is 4.79 Å². The van der Waals surface area contributed by atoms with Crippen molar-refractivity contribution in [3.05, 3.63) is 35.6 Å². The first-order valence-electron chi connectivity index (χ1n) is 6.78. The number of ether oxygens (including phenoxy) is 1. The van der Waals surface area contributed by atoms with Gasteiger partial charge in [0, 0.05) is 30.5 Å². The summed E-state index contributed by atoms with van der Waals surface area (Å²) < 4.78 is 10.9. The van der Waals surface area contributed by atoms with Crippen LogP contribution in [0, 0.1) is 0 Å². The molecule has 0 aliphatic rings. The molecule has 0 bridgehead atoms. The lowest BCUT2D eigenvalue weighted by molar-refractivity contribution is -0.122. The topological polar surface area (TPSA) is 77.5 Å². The Labute approximate surface area is 118 Å². The van der Waals surface area contributed by atoms with Gasteiger partial charge in [0.15, 0.2) is 0 Å². The summed E-state index contributed by atoms with van der Waals surface area (Å²) in [6.45, 7) is 3.89. The van der Waals surface area contributed by atoms with E-state index in [-0.39, 0.29) is 6.61 Å². The van der Waals surface area contributed by atoms with E-state index in [2.05, 4.69) is 18.3 Å². The van der Waals surface area contributed by atoms with Crippen molar-refractivity contribution in [1.82, 2.24) is 5.32 Å². The monoisotopic (exact) mass is 276 g/mol. The fraction of sp³-hybridized carbons (Fsp3) is 0.400. The Balaban J connectivity index is 1.90. The highest BCUT2D eigenvalue weighted by Crippen LogP contribution is 2.25. The maximum Gasteiger partial charge on any atom is 0.243 e. The Bertz CT molecular complexity index is 578. The van der Waals surface area contributed by atoms with Crippen LogP contribution in [0.2, 0.25) is 0 Å². The molecule has 0 spiro atoms. The third kappa shape index (κ3) is 3.59.